The summed E-state index contributed by atoms with van der Waals surface area (Å²) in [6, 6.07) is 0. The molecule has 0 radical (unpaired) electrons. The maximum absolute atomic E-state index is 11.1. The minimum atomic E-state index is -0.246. The van der Waals surface area contributed by atoms with Crippen molar-refractivity contribution >= 4 is 5.91 Å². The van der Waals surface area contributed by atoms with E-state index in [9.17, 15) is 4.79 Å². The number of nitrogens with one attached hydrogen (secondary N) is 1. The number of hydrogen-bond donors (Lipinski definition) is 2. The van der Waals surface area contributed by atoms with Crippen molar-refractivity contribution in [3.05, 3.63) is 0 Å². The molecule has 0 spiro atoms. The van der Waals surface area contributed by atoms with Gasteiger partial charge in [0.25, 0.3) is 5.91 Å². The Morgan fingerprint density at radius 1 is 1.50 bits per heavy atom. The molecule has 4 nitrogen and oxygen atoms in total. The van der Waals surface area contributed by atoms with Gasteiger partial charge in [0.1, 0.15) is 6.61 Å². The molecule has 2 rings (SSSR count). The van der Waals surface area contributed by atoms with Crippen LogP contribution in [-0.4, -0.2) is 18.6 Å². The molecule has 3 unspecified atom stereocenters. The fraction of sp³-hybridized carbons (Fsp3) is 0.917. The van der Waals surface area contributed by atoms with Gasteiger partial charge < -0.3 is 4.74 Å². The van der Waals surface area contributed by atoms with Gasteiger partial charge in [-0.2, -0.15) is 0 Å². The molecule has 2 bridgehead atoms. The fourth-order valence-electron chi connectivity index (χ4n) is 3.60. The topological polar surface area (TPSA) is 64.3 Å². The molecule has 3 N–H and O–H groups in total. The highest BCUT2D eigenvalue weighted by Crippen LogP contribution is 2.66. The van der Waals surface area contributed by atoms with Gasteiger partial charge in [-0.1, -0.05) is 20.8 Å². The molecule has 0 aromatic heterocycles. The van der Waals surface area contributed by atoms with Crippen molar-refractivity contribution in [3.8, 4) is 0 Å². The van der Waals surface area contributed by atoms with Crippen molar-refractivity contribution in [2.45, 2.75) is 46.1 Å². The summed E-state index contributed by atoms with van der Waals surface area (Å²) in [4.78, 5) is 11.1. The van der Waals surface area contributed by atoms with Crippen molar-refractivity contribution in [2.24, 2.45) is 22.6 Å². The lowest BCUT2D eigenvalue weighted by Crippen LogP contribution is -2.40. The van der Waals surface area contributed by atoms with Gasteiger partial charge in [-0.05, 0) is 36.0 Å². The second kappa shape index (κ2) is 3.70. The Balaban J connectivity index is 2.02. The van der Waals surface area contributed by atoms with Crippen LogP contribution in [0.3, 0.4) is 0 Å². The largest absolute Gasteiger partial charge is 0.368 e. The first-order valence-electron chi connectivity index (χ1n) is 6.03. The molecule has 92 valence electrons. The normalized spacial score (nSPS) is 40.0. The number of carbonyl (C=O) groups is 1. The second-order valence-electron chi connectivity index (χ2n) is 5.98. The smallest absolute Gasteiger partial charge is 0.259 e. The summed E-state index contributed by atoms with van der Waals surface area (Å²) in [6.45, 7) is 7.04. The number of carbonyl (C=O) groups excluding carboxylic acids is 1. The quantitative estimate of drug-likeness (QED) is 0.432. The van der Waals surface area contributed by atoms with E-state index in [2.05, 4.69) is 26.2 Å². The number of nitrogens with two attached hydrogens (primary N) is 1. The van der Waals surface area contributed by atoms with Gasteiger partial charge in [-0.15, -0.1) is 0 Å². The Morgan fingerprint density at radius 2 is 2.19 bits per heavy atom. The Kier molecular flexibility index (Phi) is 2.75. The molecule has 0 aliphatic heterocycles. The van der Waals surface area contributed by atoms with E-state index < -0.39 is 0 Å². The van der Waals surface area contributed by atoms with Crippen molar-refractivity contribution < 1.29 is 9.53 Å². The molecular formula is C12H22N2O2. The van der Waals surface area contributed by atoms with Gasteiger partial charge in [0, 0.05) is 0 Å². The molecule has 4 heteroatoms. The van der Waals surface area contributed by atoms with Gasteiger partial charge in [-0.3, -0.25) is 10.2 Å². The average Bonchev–Trinajstić information content (AvgIpc) is 2.58. The van der Waals surface area contributed by atoms with Crippen LogP contribution in [0.15, 0.2) is 0 Å². The third-order valence-electron chi connectivity index (χ3n) is 5.29. The Labute approximate surface area is 96.9 Å². The minimum Gasteiger partial charge on any atom is -0.368 e. The number of hydrogen-bond acceptors (Lipinski definition) is 3. The summed E-state index contributed by atoms with van der Waals surface area (Å²) in [5.41, 5.74) is 2.65. The Hall–Kier alpha value is -0.610. The van der Waals surface area contributed by atoms with Crippen LogP contribution in [0, 0.1) is 16.7 Å². The van der Waals surface area contributed by atoms with E-state index in [1.54, 1.807) is 0 Å². The molecular weight excluding hydrogens is 204 g/mol. The summed E-state index contributed by atoms with van der Waals surface area (Å²) < 4.78 is 5.74. The van der Waals surface area contributed by atoms with Crippen LogP contribution in [0.5, 0.6) is 0 Å². The Morgan fingerprint density at radius 3 is 2.62 bits per heavy atom. The minimum absolute atomic E-state index is 0.0829. The number of amides is 1. The van der Waals surface area contributed by atoms with Crippen LogP contribution in [0.1, 0.15) is 40.0 Å². The van der Waals surface area contributed by atoms with Gasteiger partial charge >= 0.3 is 0 Å². The highest BCUT2D eigenvalue weighted by Gasteiger charge is 2.61. The van der Waals surface area contributed by atoms with Crippen molar-refractivity contribution in [1.29, 1.82) is 0 Å². The van der Waals surface area contributed by atoms with E-state index >= 15 is 0 Å². The molecule has 3 atom stereocenters. The van der Waals surface area contributed by atoms with E-state index in [0.717, 1.165) is 12.3 Å². The van der Waals surface area contributed by atoms with E-state index in [1.807, 2.05) is 0 Å². The average molecular weight is 226 g/mol. The maximum atomic E-state index is 11.1. The molecule has 2 fully saturated rings. The van der Waals surface area contributed by atoms with Gasteiger partial charge in [0.2, 0.25) is 0 Å². The van der Waals surface area contributed by atoms with E-state index in [1.165, 1.54) is 12.8 Å². The van der Waals surface area contributed by atoms with E-state index in [0.29, 0.717) is 5.41 Å². The molecule has 1 amide bonds. The highest BCUT2D eigenvalue weighted by molar-refractivity contribution is 5.76. The first kappa shape index (κ1) is 11.9. The lowest BCUT2D eigenvalue weighted by molar-refractivity contribution is -0.131. The number of ether oxygens (including phenoxy) is 1. The number of hydrazine groups is 1. The Bertz CT molecular complexity index is 303. The van der Waals surface area contributed by atoms with Crippen LogP contribution in [-0.2, 0) is 9.53 Å². The molecule has 0 aromatic carbocycles. The van der Waals surface area contributed by atoms with Gasteiger partial charge in [0.05, 0.1) is 6.10 Å². The standard InChI is InChI=1S/C12H22N2O2/c1-11(2)8-4-5-12(11,3)9(6-8)16-7-10(15)14-13/h8-9H,4-7,13H2,1-3H3,(H,14,15). The van der Waals surface area contributed by atoms with Crippen LogP contribution in [0.2, 0.25) is 0 Å². The first-order valence-corrected chi connectivity index (χ1v) is 6.03. The predicted octanol–water partition coefficient (Wildman–Crippen LogP) is 1.21. The molecule has 2 saturated carbocycles. The molecule has 0 saturated heterocycles. The summed E-state index contributed by atoms with van der Waals surface area (Å²) in [6.07, 6.45) is 3.80. The fourth-order valence-corrected chi connectivity index (χ4v) is 3.60. The van der Waals surface area contributed by atoms with Crippen LogP contribution in [0.4, 0.5) is 0 Å². The first-order chi connectivity index (χ1) is 7.41. The lowest BCUT2D eigenvalue weighted by atomic mass is 9.70. The summed E-state index contributed by atoms with van der Waals surface area (Å²) in [5, 5.41) is 0. The summed E-state index contributed by atoms with van der Waals surface area (Å²) in [7, 11) is 0. The molecule has 2 aliphatic rings. The molecule has 2 aliphatic carbocycles. The van der Waals surface area contributed by atoms with Gasteiger partial charge in [0.15, 0.2) is 0 Å². The number of fused-ring (bicyclic) bond motifs is 2. The SMILES string of the molecule is CC1(C)C2CCC1(C)C(OCC(=O)NN)C2. The van der Waals surface area contributed by atoms with Crippen molar-refractivity contribution in [2.75, 3.05) is 6.61 Å². The lowest BCUT2D eigenvalue weighted by Gasteiger charge is -2.38. The zero-order valence-corrected chi connectivity index (χ0v) is 10.4. The summed E-state index contributed by atoms with van der Waals surface area (Å²) >= 11 is 0. The highest BCUT2D eigenvalue weighted by atomic mass is 16.5. The monoisotopic (exact) mass is 226 g/mol. The molecule has 0 heterocycles. The zero-order valence-electron chi connectivity index (χ0n) is 10.4. The van der Waals surface area contributed by atoms with Gasteiger partial charge in [-0.25, -0.2) is 5.84 Å². The van der Waals surface area contributed by atoms with E-state index in [4.69, 9.17) is 10.6 Å². The number of rotatable bonds is 3. The van der Waals surface area contributed by atoms with Crippen LogP contribution in [0.25, 0.3) is 0 Å². The van der Waals surface area contributed by atoms with Crippen LogP contribution < -0.4 is 11.3 Å². The second-order valence-corrected chi connectivity index (χ2v) is 5.98. The summed E-state index contributed by atoms with van der Waals surface area (Å²) in [5.74, 6) is 5.53. The maximum Gasteiger partial charge on any atom is 0.259 e. The zero-order chi connectivity index (χ0) is 12.0. The molecule has 16 heavy (non-hydrogen) atoms. The third kappa shape index (κ3) is 1.47. The predicted molar refractivity (Wildman–Crippen MR) is 61.3 cm³/mol. The van der Waals surface area contributed by atoms with Crippen molar-refractivity contribution in [1.82, 2.24) is 5.43 Å². The third-order valence-corrected chi connectivity index (χ3v) is 5.29. The van der Waals surface area contributed by atoms with Crippen LogP contribution >= 0.6 is 0 Å². The molecule has 0 aromatic rings. The van der Waals surface area contributed by atoms with Crippen molar-refractivity contribution in [3.63, 3.8) is 0 Å². The van der Waals surface area contributed by atoms with E-state index in [-0.39, 0.29) is 24.0 Å².